The lowest BCUT2D eigenvalue weighted by Crippen LogP contribution is -2.24. The van der Waals surface area contributed by atoms with Gasteiger partial charge in [-0.2, -0.15) is 0 Å². The zero-order valence-corrected chi connectivity index (χ0v) is 10.2. The summed E-state index contributed by atoms with van der Waals surface area (Å²) in [5.74, 6) is -0.348. The van der Waals surface area contributed by atoms with Gasteiger partial charge in [0.1, 0.15) is 5.82 Å². The van der Waals surface area contributed by atoms with Crippen molar-refractivity contribution in [3.8, 4) is 0 Å². The van der Waals surface area contributed by atoms with Crippen LogP contribution in [0, 0.1) is 11.7 Å². The zero-order chi connectivity index (χ0) is 12.1. The summed E-state index contributed by atoms with van der Waals surface area (Å²) < 4.78 is 17.8. The molecule has 0 aliphatic rings. The second kappa shape index (κ2) is 6.18. The van der Waals surface area contributed by atoms with Crippen LogP contribution in [-0.4, -0.2) is 24.9 Å². The minimum atomic E-state index is -0.539. The number of halogens is 2. The minimum Gasteiger partial charge on any atom is -0.392 e. The molecule has 90 valence electrons. The van der Waals surface area contributed by atoms with E-state index in [-0.39, 0.29) is 11.7 Å². The van der Waals surface area contributed by atoms with E-state index >= 15 is 0 Å². The largest absolute Gasteiger partial charge is 0.392 e. The van der Waals surface area contributed by atoms with Crippen LogP contribution in [0.25, 0.3) is 0 Å². The molecule has 0 aromatic heterocycles. The van der Waals surface area contributed by atoms with Gasteiger partial charge in [0.2, 0.25) is 0 Å². The Labute approximate surface area is 100.0 Å². The van der Waals surface area contributed by atoms with Crippen LogP contribution in [0.5, 0.6) is 0 Å². The molecule has 0 aliphatic carbocycles. The predicted molar refractivity (Wildman–Crippen MR) is 62.2 cm³/mol. The molecular weight excluding hydrogens is 231 g/mol. The zero-order valence-electron chi connectivity index (χ0n) is 9.41. The average molecular weight is 247 g/mol. The Morgan fingerprint density at radius 1 is 1.50 bits per heavy atom. The van der Waals surface area contributed by atoms with Gasteiger partial charge in [0.25, 0.3) is 0 Å². The summed E-state index contributed by atoms with van der Waals surface area (Å²) in [6.07, 6.45) is -0.133. The van der Waals surface area contributed by atoms with Gasteiger partial charge in [-0.3, -0.25) is 0 Å². The first-order valence-electron chi connectivity index (χ1n) is 5.15. The van der Waals surface area contributed by atoms with Gasteiger partial charge >= 0.3 is 0 Å². The van der Waals surface area contributed by atoms with Crippen LogP contribution in [0.15, 0.2) is 18.2 Å². The number of hydrogen-bond donors (Lipinski definition) is 1. The van der Waals surface area contributed by atoms with Crippen LogP contribution in [0.3, 0.4) is 0 Å². The van der Waals surface area contributed by atoms with Crippen LogP contribution in [0.4, 0.5) is 4.39 Å². The molecule has 0 radical (unpaired) electrons. The van der Waals surface area contributed by atoms with Gasteiger partial charge in [-0.15, -0.1) is 0 Å². The first-order chi connectivity index (χ1) is 7.54. The van der Waals surface area contributed by atoms with Crippen molar-refractivity contribution in [3.63, 3.8) is 0 Å². The molecule has 4 heteroatoms. The number of benzene rings is 1. The van der Waals surface area contributed by atoms with Crippen LogP contribution >= 0.6 is 11.6 Å². The van der Waals surface area contributed by atoms with Gasteiger partial charge in [-0.05, 0) is 17.7 Å². The summed E-state index contributed by atoms with van der Waals surface area (Å²) in [6, 6.07) is 4.19. The summed E-state index contributed by atoms with van der Waals surface area (Å²) in [7, 11) is 1.59. The van der Waals surface area contributed by atoms with Crippen molar-refractivity contribution in [2.24, 2.45) is 5.92 Å². The second-order valence-electron chi connectivity index (χ2n) is 3.94. The molecule has 2 nitrogen and oxygen atoms in total. The Bertz CT molecular complexity index is 344. The first-order valence-corrected chi connectivity index (χ1v) is 5.53. The summed E-state index contributed by atoms with van der Waals surface area (Å²) in [5, 5.41) is 10.2. The molecule has 1 aromatic carbocycles. The summed E-state index contributed by atoms with van der Waals surface area (Å²) in [6.45, 7) is 2.38. The maximum absolute atomic E-state index is 12.8. The average Bonchev–Trinajstić information content (AvgIpc) is 2.22. The SMILES string of the molecule is COCC(C)C(O)Cc1ccc(F)cc1Cl. The van der Waals surface area contributed by atoms with Crippen LogP contribution in [-0.2, 0) is 11.2 Å². The lowest BCUT2D eigenvalue weighted by Gasteiger charge is -2.18. The van der Waals surface area contributed by atoms with Crippen LogP contribution in [0.2, 0.25) is 5.02 Å². The molecule has 1 rings (SSSR count). The third-order valence-electron chi connectivity index (χ3n) is 2.53. The van der Waals surface area contributed by atoms with E-state index in [0.29, 0.717) is 18.1 Å². The fourth-order valence-corrected chi connectivity index (χ4v) is 1.73. The fraction of sp³-hybridized carbons (Fsp3) is 0.500. The van der Waals surface area contributed by atoms with E-state index in [9.17, 15) is 9.50 Å². The molecule has 0 amide bonds. The Balaban J connectivity index is 2.65. The molecule has 0 spiro atoms. The monoisotopic (exact) mass is 246 g/mol. The molecule has 16 heavy (non-hydrogen) atoms. The van der Waals surface area contributed by atoms with Crippen molar-refractivity contribution in [3.05, 3.63) is 34.6 Å². The molecule has 0 bridgehead atoms. The van der Waals surface area contributed by atoms with Crippen LogP contribution in [0.1, 0.15) is 12.5 Å². The molecule has 0 fully saturated rings. The first kappa shape index (κ1) is 13.4. The highest BCUT2D eigenvalue weighted by Crippen LogP contribution is 2.20. The van der Waals surface area contributed by atoms with Crippen molar-refractivity contribution in [1.29, 1.82) is 0 Å². The molecule has 1 N–H and O–H groups in total. The lowest BCUT2D eigenvalue weighted by atomic mass is 9.98. The molecule has 0 saturated heterocycles. The highest BCUT2D eigenvalue weighted by molar-refractivity contribution is 6.31. The van der Waals surface area contributed by atoms with Crippen molar-refractivity contribution in [2.75, 3.05) is 13.7 Å². The van der Waals surface area contributed by atoms with Gasteiger partial charge in [-0.25, -0.2) is 4.39 Å². The van der Waals surface area contributed by atoms with Crippen molar-refractivity contribution >= 4 is 11.6 Å². The van der Waals surface area contributed by atoms with E-state index in [1.54, 1.807) is 13.2 Å². The number of aliphatic hydroxyl groups excluding tert-OH is 1. The third kappa shape index (κ3) is 3.74. The molecule has 0 saturated carbocycles. The van der Waals surface area contributed by atoms with Gasteiger partial charge in [0, 0.05) is 24.5 Å². The quantitative estimate of drug-likeness (QED) is 0.866. The minimum absolute atomic E-state index is 0.0196. The molecule has 1 aromatic rings. The molecule has 0 aliphatic heterocycles. The van der Waals surface area contributed by atoms with Gasteiger partial charge in [-0.1, -0.05) is 24.6 Å². The lowest BCUT2D eigenvalue weighted by molar-refractivity contribution is 0.0575. The maximum atomic E-state index is 12.8. The van der Waals surface area contributed by atoms with Crippen molar-refractivity contribution in [2.45, 2.75) is 19.4 Å². The van der Waals surface area contributed by atoms with Crippen molar-refractivity contribution in [1.82, 2.24) is 0 Å². The Morgan fingerprint density at radius 2 is 2.19 bits per heavy atom. The van der Waals surface area contributed by atoms with Crippen molar-refractivity contribution < 1.29 is 14.2 Å². The van der Waals surface area contributed by atoms with E-state index in [1.165, 1.54) is 12.1 Å². The van der Waals surface area contributed by atoms with E-state index in [0.717, 1.165) is 5.56 Å². The third-order valence-corrected chi connectivity index (χ3v) is 2.88. The van der Waals surface area contributed by atoms with E-state index < -0.39 is 6.10 Å². The Morgan fingerprint density at radius 3 is 2.75 bits per heavy atom. The number of rotatable bonds is 5. The summed E-state index contributed by atoms with van der Waals surface area (Å²) >= 11 is 5.87. The van der Waals surface area contributed by atoms with E-state index in [2.05, 4.69) is 0 Å². The molecule has 0 heterocycles. The maximum Gasteiger partial charge on any atom is 0.124 e. The predicted octanol–water partition coefficient (Wildman–Crippen LogP) is 2.67. The van der Waals surface area contributed by atoms with E-state index in [4.69, 9.17) is 16.3 Å². The Kier molecular flexibility index (Phi) is 5.19. The second-order valence-corrected chi connectivity index (χ2v) is 4.35. The smallest absolute Gasteiger partial charge is 0.124 e. The summed E-state index contributed by atoms with van der Waals surface area (Å²) in [5.41, 5.74) is 0.749. The van der Waals surface area contributed by atoms with Gasteiger partial charge < -0.3 is 9.84 Å². The number of methoxy groups -OCH3 is 1. The van der Waals surface area contributed by atoms with E-state index in [1.807, 2.05) is 6.92 Å². The topological polar surface area (TPSA) is 29.5 Å². The number of hydrogen-bond acceptors (Lipinski definition) is 2. The summed E-state index contributed by atoms with van der Waals surface area (Å²) in [4.78, 5) is 0. The number of aliphatic hydroxyl groups is 1. The standard InChI is InChI=1S/C12H16ClFO2/c1-8(7-16-2)12(15)5-9-3-4-10(14)6-11(9)13/h3-4,6,8,12,15H,5,7H2,1-2H3. The molecule has 2 atom stereocenters. The normalized spacial score (nSPS) is 14.8. The fourth-order valence-electron chi connectivity index (χ4n) is 1.49. The Hall–Kier alpha value is -0.640. The molecular formula is C12H16ClFO2. The van der Waals surface area contributed by atoms with Gasteiger partial charge in [0.15, 0.2) is 0 Å². The highest BCUT2D eigenvalue weighted by Gasteiger charge is 2.16. The number of ether oxygens (including phenoxy) is 1. The highest BCUT2D eigenvalue weighted by atomic mass is 35.5. The van der Waals surface area contributed by atoms with Crippen LogP contribution < -0.4 is 0 Å². The van der Waals surface area contributed by atoms with Gasteiger partial charge in [0.05, 0.1) is 12.7 Å². The molecule has 2 unspecified atom stereocenters.